The summed E-state index contributed by atoms with van der Waals surface area (Å²) in [7, 11) is 0. The highest BCUT2D eigenvalue weighted by Gasteiger charge is 2.22. The van der Waals surface area contributed by atoms with E-state index in [9.17, 15) is 4.39 Å². The van der Waals surface area contributed by atoms with Crippen molar-refractivity contribution in [2.45, 2.75) is 19.4 Å². The van der Waals surface area contributed by atoms with Crippen molar-refractivity contribution in [1.29, 1.82) is 0 Å². The Morgan fingerprint density at radius 3 is 3.08 bits per heavy atom. The van der Waals surface area contributed by atoms with Gasteiger partial charge in [0.25, 0.3) is 0 Å². The predicted octanol–water partition coefficient (Wildman–Crippen LogP) is 2.91. The van der Waals surface area contributed by atoms with Gasteiger partial charge in [0, 0.05) is 12.0 Å². The van der Waals surface area contributed by atoms with Crippen molar-refractivity contribution in [1.82, 2.24) is 0 Å². The fourth-order valence-electron chi connectivity index (χ4n) is 1.45. The molecule has 0 amide bonds. The highest BCUT2D eigenvalue weighted by molar-refractivity contribution is 9.10. The number of benzene rings is 1. The van der Waals surface area contributed by atoms with Gasteiger partial charge < -0.3 is 4.74 Å². The molecule has 1 aliphatic rings. The van der Waals surface area contributed by atoms with Crippen LogP contribution in [0.15, 0.2) is 16.6 Å². The Morgan fingerprint density at radius 2 is 2.33 bits per heavy atom. The molecule has 0 spiro atoms. The van der Waals surface area contributed by atoms with Crippen molar-refractivity contribution in [3.05, 3.63) is 28.0 Å². The van der Waals surface area contributed by atoms with Gasteiger partial charge in [0.05, 0.1) is 4.47 Å². The second-order valence-corrected chi connectivity index (χ2v) is 3.86. The van der Waals surface area contributed by atoms with E-state index in [0.29, 0.717) is 4.47 Å². The summed E-state index contributed by atoms with van der Waals surface area (Å²) in [6.07, 6.45) is 0.962. The lowest BCUT2D eigenvalue weighted by Crippen LogP contribution is -2.05. The summed E-state index contributed by atoms with van der Waals surface area (Å²) in [5.74, 6) is 0.585. The topological polar surface area (TPSA) is 9.23 Å². The zero-order valence-electron chi connectivity index (χ0n) is 6.60. The molecular weight excluding hydrogens is 223 g/mol. The monoisotopic (exact) mass is 230 g/mol. The summed E-state index contributed by atoms with van der Waals surface area (Å²) in [4.78, 5) is 0. The SMILES string of the molecule is CC1Cc2cc(F)cc(Br)c2O1. The Kier molecular flexibility index (Phi) is 1.83. The Morgan fingerprint density at radius 1 is 1.58 bits per heavy atom. The van der Waals surface area contributed by atoms with Gasteiger partial charge in [0.15, 0.2) is 0 Å². The predicted molar refractivity (Wildman–Crippen MR) is 47.9 cm³/mol. The third-order valence-electron chi connectivity index (χ3n) is 1.91. The van der Waals surface area contributed by atoms with Crippen LogP contribution >= 0.6 is 15.9 Å². The minimum Gasteiger partial charge on any atom is -0.489 e. The van der Waals surface area contributed by atoms with Crippen molar-refractivity contribution >= 4 is 15.9 Å². The van der Waals surface area contributed by atoms with Crippen LogP contribution in [0.5, 0.6) is 5.75 Å². The Bertz CT molecular complexity index is 325. The van der Waals surface area contributed by atoms with Crippen LogP contribution < -0.4 is 4.74 Å². The molecule has 0 fully saturated rings. The van der Waals surface area contributed by atoms with E-state index in [-0.39, 0.29) is 11.9 Å². The maximum Gasteiger partial charge on any atom is 0.137 e. The standard InChI is InChI=1S/C9H8BrFO/c1-5-2-6-3-7(11)4-8(10)9(6)12-5/h3-5H,2H2,1H3. The molecule has 12 heavy (non-hydrogen) atoms. The highest BCUT2D eigenvalue weighted by Crippen LogP contribution is 2.36. The highest BCUT2D eigenvalue weighted by atomic mass is 79.9. The van der Waals surface area contributed by atoms with Gasteiger partial charge in [-0.3, -0.25) is 0 Å². The van der Waals surface area contributed by atoms with E-state index in [4.69, 9.17) is 4.74 Å². The van der Waals surface area contributed by atoms with E-state index < -0.39 is 0 Å². The van der Waals surface area contributed by atoms with Crippen LogP contribution in [0.1, 0.15) is 12.5 Å². The van der Waals surface area contributed by atoms with Gasteiger partial charge in [0.2, 0.25) is 0 Å². The number of ether oxygens (including phenoxy) is 1. The van der Waals surface area contributed by atoms with Gasteiger partial charge in [-0.2, -0.15) is 0 Å². The zero-order chi connectivity index (χ0) is 8.72. The molecule has 0 aromatic heterocycles. The summed E-state index contributed by atoms with van der Waals surface area (Å²) in [6.45, 7) is 1.98. The minimum absolute atomic E-state index is 0.165. The molecule has 1 atom stereocenters. The summed E-state index contributed by atoms with van der Waals surface area (Å²) < 4.78 is 19.1. The smallest absolute Gasteiger partial charge is 0.137 e. The fraction of sp³-hybridized carbons (Fsp3) is 0.333. The number of hydrogen-bond donors (Lipinski definition) is 0. The average molecular weight is 231 g/mol. The van der Waals surface area contributed by atoms with E-state index in [1.54, 1.807) is 0 Å². The molecule has 1 aromatic rings. The van der Waals surface area contributed by atoms with Crippen LogP contribution in [0.3, 0.4) is 0 Å². The number of halogens is 2. The summed E-state index contributed by atoms with van der Waals surface area (Å²) >= 11 is 3.26. The zero-order valence-corrected chi connectivity index (χ0v) is 8.19. The Balaban J connectivity index is 2.52. The fourth-order valence-corrected chi connectivity index (χ4v) is 2.02. The van der Waals surface area contributed by atoms with Crippen molar-refractivity contribution in [2.75, 3.05) is 0 Å². The summed E-state index contributed by atoms with van der Waals surface area (Å²) in [6, 6.07) is 2.96. The average Bonchev–Trinajstić information content (AvgIpc) is 2.29. The summed E-state index contributed by atoms with van der Waals surface area (Å²) in [5, 5.41) is 0. The molecule has 1 aliphatic heterocycles. The van der Waals surface area contributed by atoms with Gasteiger partial charge in [-0.25, -0.2) is 4.39 Å². The molecule has 0 aliphatic carbocycles. The molecule has 64 valence electrons. The molecule has 2 rings (SSSR count). The largest absolute Gasteiger partial charge is 0.489 e. The molecular formula is C9H8BrFO. The molecule has 1 aromatic carbocycles. The molecule has 0 saturated heterocycles. The number of fused-ring (bicyclic) bond motifs is 1. The van der Waals surface area contributed by atoms with E-state index >= 15 is 0 Å². The second-order valence-electron chi connectivity index (χ2n) is 3.01. The normalized spacial score (nSPS) is 20.4. The molecule has 0 N–H and O–H groups in total. The van der Waals surface area contributed by atoms with E-state index in [1.807, 2.05) is 6.92 Å². The first kappa shape index (κ1) is 8.05. The lowest BCUT2D eigenvalue weighted by molar-refractivity contribution is 0.253. The number of rotatable bonds is 0. The molecule has 3 heteroatoms. The quantitative estimate of drug-likeness (QED) is 0.667. The molecule has 1 nitrogen and oxygen atoms in total. The summed E-state index contributed by atoms with van der Waals surface area (Å²) in [5.41, 5.74) is 0.953. The maximum absolute atomic E-state index is 12.9. The van der Waals surface area contributed by atoms with Gasteiger partial charge in [-0.15, -0.1) is 0 Å². The first-order valence-corrected chi connectivity index (χ1v) is 4.60. The molecule has 1 unspecified atom stereocenters. The van der Waals surface area contributed by atoms with Crippen LogP contribution in [0.2, 0.25) is 0 Å². The van der Waals surface area contributed by atoms with Crippen LogP contribution in [-0.2, 0) is 6.42 Å². The van der Waals surface area contributed by atoms with Crippen LogP contribution in [0.4, 0.5) is 4.39 Å². The molecule has 0 radical (unpaired) electrons. The number of hydrogen-bond acceptors (Lipinski definition) is 1. The molecule has 1 heterocycles. The minimum atomic E-state index is -0.210. The van der Waals surface area contributed by atoms with Crippen molar-refractivity contribution in [2.24, 2.45) is 0 Å². The van der Waals surface area contributed by atoms with E-state index in [2.05, 4.69) is 15.9 Å². The van der Waals surface area contributed by atoms with Gasteiger partial charge >= 0.3 is 0 Å². The maximum atomic E-state index is 12.9. The lowest BCUT2D eigenvalue weighted by Gasteiger charge is -2.03. The van der Waals surface area contributed by atoms with Gasteiger partial charge in [-0.05, 0) is 35.0 Å². The van der Waals surface area contributed by atoms with Crippen LogP contribution in [0.25, 0.3) is 0 Å². The van der Waals surface area contributed by atoms with E-state index in [0.717, 1.165) is 17.7 Å². The van der Waals surface area contributed by atoms with Crippen molar-refractivity contribution in [3.63, 3.8) is 0 Å². The third-order valence-corrected chi connectivity index (χ3v) is 2.50. The van der Waals surface area contributed by atoms with Crippen molar-refractivity contribution < 1.29 is 9.13 Å². The third kappa shape index (κ3) is 1.22. The van der Waals surface area contributed by atoms with Gasteiger partial charge in [-0.1, -0.05) is 0 Å². The first-order chi connectivity index (χ1) is 5.66. The molecule has 0 saturated carbocycles. The van der Waals surface area contributed by atoms with E-state index in [1.165, 1.54) is 12.1 Å². The van der Waals surface area contributed by atoms with Crippen LogP contribution in [0, 0.1) is 5.82 Å². The Hall–Kier alpha value is -0.570. The molecule has 0 bridgehead atoms. The van der Waals surface area contributed by atoms with Gasteiger partial charge in [0.1, 0.15) is 17.7 Å². The van der Waals surface area contributed by atoms with Crippen molar-refractivity contribution in [3.8, 4) is 5.75 Å². The van der Waals surface area contributed by atoms with Crippen LogP contribution in [-0.4, -0.2) is 6.10 Å². The Labute approximate surface area is 78.7 Å². The second kappa shape index (κ2) is 2.73. The first-order valence-electron chi connectivity index (χ1n) is 3.81. The lowest BCUT2D eigenvalue weighted by atomic mass is 10.1.